The minimum Gasteiger partial charge on any atom is -0.466 e. The predicted octanol–water partition coefficient (Wildman–Crippen LogP) is 1.15. The number of sulfone groups is 1. The highest BCUT2D eigenvalue weighted by molar-refractivity contribution is 7.91. The van der Waals surface area contributed by atoms with Gasteiger partial charge in [0.1, 0.15) is 0 Å². The summed E-state index contributed by atoms with van der Waals surface area (Å²) in [6, 6.07) is 0. The molecule has 0 aromatic rings. The van der Waals surface area contributed by atoms with Crippen LogP contribution in [0.25, 0.3) is 0 Å². The Morgan fingerprint density at radius 2 is 2.20 bits per heavy atom. The first-order valence-corrected chi connectivity index (χ1v) is 7.21. The second-order valence-corrected chi connectivity index (χ2v) is 6.28. The molecule has 0 radical (unpaired) electrons. The molecule has 1 saturated heterocycles. The topological polar surface area (TPSA) is 60.4 Å². The molecule has 1 atom stereocenters. The van der Waals surface area contributed by atoms with E-state index in [1.807, 2.05) is 6.92 Å². The van der Waals surface area contributed by atoms with Crippen molar-refractivity contribution in [3.05, 3.63) is 0 Å². The van der Waals surface area contributed by atoms with Crippen LogP contribution in [0.5, 0.6) is 0 Å². The number of unbranched alkanes of at least 4 members (excludes halogenated alkanes) is 1. The third kappa shape index (κ3) is 4.64. The second-order valence-electron chi connectivity index (χ2n) is 4.05. The van der Waals surface area contributed by atoms with Gasteiger partial charge < -0.3 is 4.74 Å². The lowest BCUT2D eigenvalue weighted by molar-refractivity contribution is -0.144. The van der Waals surface area contributed by atoms with Crippen LogP contribution in [0.3, 0.4) is 0 Å². The van der Waals surface area contributed by atoms with Gasteiger partial charge in [0.05, 0.1) is 18.1 Å². The summed E-state index contributed by atoms with van der Waals surface area (Å²) in [6.07, 6.45) is 2.72. The van der Waals surface area contributed by atoms with Crippen LogP contribution < -0.4 is 0 Å². The molecule has 1 fully saturated rings. The van der Waals surface area contributed by atoms with E-state index in [4.69, 9.17) is 4.74 Å². The molecule has 0 spiro atoms. The van der Waals surface area contributed by atoms with E-state index >= 15 is 0 Å². The summed E-state index contributed by atoms with van der Waals surface area (Å²) in [5.41, 5.74) is 0. The van der Waals surface area contributed by atoms with Crippen LogP contribution in [0.15, 0.2) is 0 Å². The molecule has 0 aromatic heterocycles. The van der Waals surface area contributed by atoms with Crippen molar-refractivity contribution in [2.24, 2.45) is 5.92 Å². The number of hydrogen-bond acceptors (Lipinski definition) is 4. The zero-order chi connectivity index (χ0) is 11.3. The van der Waals surface area contributed by atoms with Gasteiger partial charge in [0.15, 0.2) is 9.84 Å². The molecule has 0 bridgehead atoms. The van der Waals surface area contributed by atoms with Crippen LogP contribution in [-0.2, 0) is 19.4 Å². The Bertz CT molecular complexity index is 307. The van der Waals surface area contributed by atoms with Gasteiger partial charge in [-0.15, -0.1) is 0 Å². The molecule has 1 rings (SSSR count). The fourth-order valence-electron chi connectivity index (χ4n) is 1.66. The average Bonchev–Trinajstić information content (AvgIpc) is 2.46. The van der Waals surface area contributed by atoms with Crippen molar-refractivity contribution in [3.63, 3.8) is 0 Å². The Kier molecular flexibility index (Phi) is 4.57. The van der Waals surface area contributed by atoms with Gasteiger partial charge >= 0.3 is 5.97 Å². The molecular formula is C10H18O4S. The SMILES string of the molecule is CCCCOC(=O)CC1CCS(=O)(=O)C1. The molecule has 0 aromatic carbocycles. The molecule has 0 amide bonds. The van der Waals surface area contributed by atoms with Crippen LogP contribution >= 0.6 is 0 Å². The second kappa shape index (κ2) is 5.49. The fourth-order valence-corrected chi connectivity index (χ4v) is 3.52. The summed E-state index contributed by atoms with van der Waals surface area (Å²) in [4.78, 5) is 11.3. The Labute approximate surface area is 90.9 Å². The molecule has 1 heterocycles. The Morgan fingerprint density at radius 3 is 2.73 bits per heavy atom. The molecule has 4 nitrogen and oxygen atoms in total. The van der Waals surface area contributed by atoms with Gasteiger partial charge in [-0.1, -0.05) is 13.3 Å². The minimum atomic E-state index is -2.87. The van der Waals surface area contributed by atoms with E-state index < -0.39 is 9.84 Å². The van der Waals surface area contributed by atoms with Gasteiger partial charge in [0, 0.05) is 6.42 Å². The third-order valence-corrected chi connectivity index (χ3v) is 4.38. The first-order chi connectivity index (χ1) is 7.03. The van der Waals surface area contributed by atoms with Gasteiger partial charge in [-0.05, 0) is 18.8 Å². The predicted molar refractivity (Wildman–Crippen MR) is 57.2 cm³/mol. The Hall–Kier alpha value is -0.580. The van der Waals surface area contributed by atoms with Crippen LogP contribution in [0.2, 0.25) is 0 Å². The van der Waals surface area contributed by atoms with E-state index in [1.54, 1.807) is 0 Å². The lowest BCUT2D eigenvalue weighted by atomic mass is 10.1. The smallest absolute Gasteiger partial charge is 0.306 e. The maximum Gasteiger partial charge on any atom is 0.306 e. The quantitative estimate of drug-likeness (QED) is 0.529. The molecule has 5 heteroatoms. The number of carbonyl (C=O) groups excluding carboxylic acids is 1. The number of esters is 1. The normalized spacial score (nSPS) is 23.9. The highest BCUT2D eigenvalue weighted by atomic mass is 32.2. The average molecular weight is 234 g/mol. The molecule has 1 aliphatic rings. The molecule has 15 heavy (non-hydrogen) atoms. The zero-order valence-electron chi connectivity index (χ0n) is 9.07. The van der Waals surface area contributed by atoms with Crippen LogP contribution in [0.4, 0.5) is 0 Å². The van der Waals surface area contributed by atoms with E-state index in [-0.39, 0.29) is 29.8 Å². The number of rotatable bonds is 5. The summed E-state index contributed by atoms with van der Waals surface area (Å²) in [5.74, 6) is 0.0881. The zero-order valence-corrected chi connectivity index (χ0v) is 9.88. The van der Waals surface area contributed by atoms with Crippen molar-refractivity contribution in [1.82, 2.24) is 0 Å². The first-order valence-electron chi connectivity index (χ1n) is 5.39. The molecular weight excluding hydrogens is 216 g/mol. The fraction of sp³-hybridized carbons (Fsp3) is 0.900. The maximum absolute atomic E-state index is 11.3. The molecule has 0 saturated carbocycles. The molecule has 0 N–H and O–H groups in total. The standard InChI is InChI=1S/C10H18O4S/c1-2-3-5-14-10(11)7-9-4-6-15(12,13)8-9/h9H,2-8H2,1H3. The molecule has 88 valence electrons. The molecule has 0 aliphatic carbocycles. The van der Waals surface area contributed by atoms with Gasteiger partial charge in [0.25, 0.3) is 0 Å². The number of carbonyl (C=O) groups is 1. The number of ether oxygens (including phenoxy) is 1. The van der Waals surface area contributed by atoms with E-state index in [0.717, 1.165) is 12.8 Å². The van der Waals surface area contributed by atoms with Crippen LogP contribution in [-0.4, -0.2) is 32.5 Å². The van der Waals surface area contributed by atoms with Crippen LogP contribution in [0.1, 0.15) is 32.6 Å². The highest BCUT2D eigenvalue weighted by Gasteiger charge is 2.29. The van der Waals surface area contributed by atoms with Gasteiger partial charge in [0.2, 0.25) is 0 Å². The van der Waals surface area contributed by atoms with Crippen molar-refractivity contribution in [1.29, 1.82) is 0 Å². The lowest BCUT2D eigenvalue weighted by Crippen LogP contribution is -2.13. The number of hydrogen-bond donors (Lipinski definition) is 0. The van der Waals surface area contributed by atoms with E-state index in [2.05, 4.69) is 0 Å². The van der Waals surface area contributed by atoms with E-state index in [0.29, 0.717) is 13.0 Å². The summed E-state index contributed by atoms with van der Waals surface area (Å²) >= 11 is 0. The molecule has 1 unspecified atom stereocenters. The monoisotopic (exact) mass is 234 g/mol. The molecule has 1 aliphatic heterocycles. The highest BCUT2D eigenvalue weighted by Crippen LogP contribution is 2.21. The Morgan fingerprint density at radius 1 is 1.47 bits per heavy atom. The summed E-state index contributed by atoms with van der Waals surface area (Å²) in [5, 5.41) is 0. The maximum atomic E-state index is 11.3. The lowest BCUT2D eigenvalue weighted by Gasteiger charge is -2.07. The Balaban J connectivity index is 2.22. The van der Waals surface area contributed by atoms with Crippen molar-refractivity contribution in [2.75, 3.05) is 18.1 Å². The van der Waals surface area contributed by atoms with Crippen molar-refractivity contribution < 1.29 is 17.9 Å². The van der Waals surface area contributed by atoms with Crippen molar-refractivity contribution in [3.8, 4) is 0 Å². The van der Waals surface area contributed by atoms with Gasteiger partial charge in [-0.3, -0.25) is 4.79 Å². The summed E-state index contributed by atoms with van der Waals surface area (Å²) in [7, 11) is -2.87. The largest absolute Gasteiger partial charge is 0.466 e. The summed E-state index contributed by atoms with van der Waals surface area (Å²) in [6.45, 7) is 2.48. The van der Waals surface area contributed by atoms with Gasteiger partial charge in [-0.2, -0.15) is 0 Å². The van der Waals surface area contributed by atoms with Crippen molar-refractivity contribution in [2.45, 2.75) is 32.6 Å². The van der Waals surface area contributed by atoms with Gasteiger partial charge in [-0.25, -0.2) is 8.42 Å². The first kappa shape index (κ1) is 12.5. The summed E-state index contributed by atoms with van der Waals surface area (Å²) < 4.78 is 27.2. The minimum absolute atomic E-state index is 0.0240. The van der Waals surface area contributed by atoms with Crippen molar-refractivity contribution >= 4 is 15.8 Å². The third-order valence-electron chi connectivity index (χ3n) is 2.54. The van der Waals surface area contributed by atoms with E-state index in [9.17, 15) is 13.2 Å². The van der Waals surface area contributed by atoms with E-state index in [1.165, 1.54) is 0 Å². The van der Waals surface area contributed by atoms with Crippen LogP contribution in [0, 0.1) is 5.92 Å².